The second-order valence-corrected chi connectivity index (χ2v) is 7.57. The van der Waals surface area contributed by atoms with E-state index in [-0.39, 0.29) is 5.82 Å². The van der Waals surface area contributed by atoms with Crippen molar-refractivity contribution in [1.82, 2.24) is 30.1 Å². The number of halogens is 1. The quantitative estimate of drug-likeness (QED) is 0.387. The zero-order valence-electron chi connectivity index (χ0n) is 17.5. The lowest BCUT2D eigenvalue weighted by atomic mass is 10.0. The number of methoxy groups -OCH3 is 1. The van der Waals surface area contributed by atoms with Crippen LogP contribution in [-0.2, 0) is 0 Å². The Bertz CT molecular complexity index is 1640. The van der Waals surface area contributed by atoms with Crippen molar-refractivity contribution >= 4 is 21.9 Å². The SMILES string of the molecule is COc1cncc(-c2ccc3[nH]nc(-c4nc5c(-c6ccccc6F)nccc5[nH]4)c3c2)c1. The molecule has 0 atom stereocenters. The molecule has 6 rings (SSSR count). The topological polar surface area (TPSA) is 92.4 Å². The van der Waals surface area contributed by atoms with E-state index in [1.54, 1.807) is 43.9 Å². The molecular weight excluding hydrogens is 419 g/mol. The van der Waals surface area contributed by atoms with Gasteiger partial charge in [0.2, 0.25) is 0 Å². The fourth-order valence-electron chi connectivity index (χ4n) is 3.96. The number of aromatic amines is 2. The van der Waals surface area contributed by atoms with Gasteiger partial charge in [0.1, 0.15) is 28.5 Å². The summed E-state index contributed by atoms with van der Waals surface area (Å²) >= 11 is 0. The second-order valence-electron chi connectivity index (χ2n) is 7.57. The Kier molecular flexibility index (Phi) is 4.36. The number of hydrogen-bond donors (Lipinski definition) is 2. The molecule has 0 radical (unpaired) electrons. The number of nitrogens with one attached hydrogen (secondary N) is 2. The first-order valence-corrected chi connectivity index (χ1v) is 10.3. The smallest absolute Gasteiger partial charge is 0.159 e. The largest absolute Gasteiger partial charge is 0.495 e. The van der Waals surface area contributed by atoms with Crippen LogP contribution in [0, 0.1) is 5.82 Å². The van der Waals surface area contributed by atoms with Gasteiger partial charge in [-0.15, -0.1) is 0 Å². The standard InChI is InChI=1S/C25H17FN6O/c1-33-16-10-15(12-27-13-16)14-6-7-20-18(11-14)23(32-31-20)25-29-21-8-9-28-22(24(21)30-25)17-4-2-3-5-19(17)26/h2-13H,1H3,(H,29,30)(H,31,32). The zero-order chi connectivity index (χ0) is 22.4. The first-order chi connectivity index (χ1) is 16.2. The van der Waals surface area contributed by atoms with Crippen LogP contribution >= 0.6 is 0 Å². The Balaban J connectivity index is 1.50. The van der Waals surface area contributed by atoms with Gasteiger partial charge in [-0.3, -0.25) is 15.1 Å². The molecule has 0 spiro atoms. The number of ether oxygens (including phenoxy) is 1. The molecule has 160 valence electrons. The maximum absolute atomic E-state index is 14.4. The number of imidazole rings is 1. The van der Waals surface area contributed by atoms with Crippen LogP contribution in [0.15, 0.2) is 73.2 Å². The minimum absolute atomic E-state index is 0.344. The lowest BCUT2D eigenvalue weighted by molar-refractivity contribution is 0.413. The molecule has 6 aromatic rings. The van der Waals surface area contributed by atoms with E-state index < -0.39 is 0 Å². The van der Waals surface area contributed by atoms with Gasteiger partial charge in [0, 0.05) is 28.9 Å². The van der Waals surface area contributed by atoms with Crippen molar-refractivity contribution in [3.05, 3.63) is 79.0 Å². The van der Waals surface area contributed by atoms with Gasteiger partial charge >= 0.3 is 0 Å². The van der Waals surface area contributed by atoms with Crippen molar-refractivity contribution in [3.8, 4) is 39.7 Å². The van der Waals surface area contributed by atoms with Gasteiger partial charge in [0.25, 0.3) is 0 Å². The van der Waals surface area contributed by atoms with E-state index in [4.69, 9.17) is 9.72 Å². The van der Waals surface area contributed by atoms with Crippen molar-refractivity contribution < 1.29 is 9.13 Å². The Labute approximate surface area is 187 Å². The molecule has 2 aromatic carbocycles. The van der Waals surface area contributed by atoms with Gasteiger partial charge in [-0.2, -0.15) is 5.10 Å². The summed E-state index contributed by atoms with van der Waals surface area (Å²) in [5.74, 6) is 0.914. The molecule has 4 aromatic heterocycles. The van der Waals surface area contributed by atoms with Gasteiger partial charge in [-0.05, 0) is 42.0 Å². The molecule has 33 heavy (non-hydrogen) atoms. The van der Waals surface area contributed by atoms with Gasteiger partial charge in [0.15, 0.2) is 5.82 Å². The summed E-state index contributed by atoms with van der Waals surface area (Å²) in [5, 5.41) is 8.46. The molecule has 0 aliphatic carbocycles. The van der Waals surface area contributed by atoms with Crippen LogP contribution in [0.4, 0.5) is 4.39 Å². The van der Waals surface area contributed by atoms with E-state index in [0.717, 1.165) is 27.5 Å². The second kappa shape index (κ2) is 7.52. The molecule has 0 bridgehead atoms. The van der Waals surface area contributed by atoms with Crippen LogP contribution in [0.25, 0.3) is 55.8 Å². The summed E-state index contributed by atoms with van der Waals surface area (Å²) in [4.78, 5) is 16.7. The Morgan fingerprint density at radius 1 is 0.909 bits per heavy atom. The highest BCUT2D eigenvalue weighted by atomic mass is 19.1. The molecule has 7 nitrogen and oxygen atoms in total. The molecule has 2 N–H and O–H groups in total. The van der Waals surface area contributed by atoms with Crippen LogP contribution in [0.1, 0.15) is 0 Å². The summed E-state index contributed by atoms with van der Waals surface area (Å²) in [7, 11) is 1.62. The molecule has 0 aliphatic heterocycles. The number of H-pyrrole nitrogens is 2. The van der Waals surface area contributed by atoms with Crippen molar-refractivity contribution in [2.24, 2.45) is 0 Å². The van der Waals surface area contributed by atoms with E-state index in [0.29, 0.717) is 34.0 Å². The molecule has 0 saturated carbocycles. The molecule has 8 heteroatoms. The average Bonchev–Trinajstić information content (AvgIpc) is 3.48. The third-order valence-corrected chi connectivity index (χ3v) is 5.60. The minimum Gasteiger partial charge on any atom is -0.495 e. The molecule has 0 fully saturated rings. The first-order valence-electron chi connectivity index (χ1n) is 10.3. The van der Waals surface area contributed by atoms with E-state index >= 15 is 0 Å². The summed E-state index contributed by atoms with van der Waals surface area (Å²) in [6.45, 7) is 0. The van der Waals surface area contributed by atoms with Crippen molar-refractivity contribution in [2.45, 2.75) is 0 Å². The van der Waals surface area contributed by atoms with Crippen LogP contribution in [-0.4, -0.2) is 37.2 Å². The molecule has 4 heterocycles. The monoisotopic (exact) mass is 436 g/mol. The highest BCUT2D eigenvalue weighted by molar-refractivity contribution is 5.97. The number of nitrogens with zero attached hydrogens (tertiary/aromatic N) is 4. The first kappa shape index (κ1) is 19.1. The van der Waals surface area contributed by atoms with Gasteiger partial charge in [-0.25, -0.2) is 9.37 Å². The van der Waals surface area contributed by atoms with Gasteiger partial charge in [0.05, 0.1) is 24.3 Å². The van der Waals surface area contributed by atoms with Gasteiger partial charge in [-0.1, -0.05) is 18.2 Å². The normalized spacial score (nSPS) is 11.3. The molecule has 0 saturated heterocycles. The lowest BCUT2D eigenvalue weighted by Crippen LogP contribution is -1.89. The number of aromatic nitrogens is 6. The highest BCUT2D eigenvalue weighted by Crippen LogP contribution is 2.33. The van der Waals surface area contributed by atoms with Crippen LogP contribution < -0.4 is 4.74 Å². The summed E-state index contributed by atoms with van der Waals surface area (Å²) in [6.07, 6.45) is 5.10. The van der Waals surface area contributed by atoms with E-state index in [2.05, 4.69) is 25.1 Å². The lowest BCUT2D eigenvalue weighted by Gasteiger charge is -2.04. The number of fused-ring (bicyclic) bond motifs is 2. The fourth-order valence-corrected chi connectivity index (χ4v) is 3.96. The third-order valence-electron chi connectivity index (χ3n) is 5.60. The van der Waals surface area contributed by atoms with Crippen LogP contribution in [0.3, 0.4) is 0 Å². The van der Waals surface area contributed by atoms with E-state index in [1.165, 1.54) is 6.07 Å². The molecule has 0 amide bonds. The van der Waals surface area contributed by atoms with Crippen molar-refractivity contribution in [2.75, 3.05) is 7.11 Å². The maximum atomic E-state index is 14.4. The van der Waals surface area contributed by atoms with E-state index in [1.807, 2.05) is 30.3 Å². The third kappa shape index (κ3) is 3.20. The van der Waals surface area contributed by atoms with Gasteiger partial charge < -0.3 is 9.72 Å². The summed E-state index contributed by atoms with van der Waals surface area (Å²) in [5.41, 5.74) is 5.66. The summed E-state index contributed by atoms with van der Waals surface area (Å²) < 4.78 is 19.7. The molecular formula is C25H17FN6O. The fraction of sp³-hybridized carbons (Fsp3) is 0.0400. The maximum Gasteiger partial charge on any atom is 0.159 e. The summed E-state index contributed by atoms with van der Waals surface area (Å²) in [6, 6.07) is 16.3. The van der Waals surface area contributed by atoms with Crippen LogP contribution in [0.2, 0.25) is 0 Å². The van der Waals surface area contributed by atoms with Crippen LogP contribution in [0.5, 0.6) is 5.75 Å². The Hall–Kier alpha value is -4.59. The number of pyridine rings is 2. The number of rotatable bonds is 4. The highest BCUT2D eigenvalue weighted by Gasteiger charge is 2.17. The Morgan fingerprint density at radius 2 is 1.82 bits per heavy atom. The minimum atomic E-state index is -0.344. The number of hydrogen-bond acceptors (Lipinski definition) is 5. The predicted octanol–water partition coefficient (Wildman–Crippen LogP) is 5.38. The Morgan fingerprint density at radius 3 is 2.70 bits per heavy atom. The average molecular weight is 436 g/mol. The zero-order valence-corrected chi connectivity index (χ0v) is 17.5. The van der Waals surface area contributed by atoms with E-state index in [9.17, 15) is 4.39 Å². The molecule has 0 unspecified atom stereocenters. The van der Waals surface area contributed by atoms with Crippen molar-refractivity contribution in [3.63, 3.8) is 0 Å². The molecule has 0 aliphatic rings. The number of benzene rings is 2. The predicted molar refractivity (Wildman–Crippen MR) is 124 cm³/mol. The van der Waals surface area contributed by atoms with Crippen molar-refractivity contribution in [1.29, 1.82) is 0 Å².